The van der Waals surface area contributed by atoms with Gasteiger partial charge in [0, 0.05) is 5.41 Å². The molecule has 45 heavy (non-hydrogen) atoms. The van der Waals surface area contributed by atoms with Gasteiger partial charge in [0.15, 0.2) is 0 Å². The lowest BCUT2D eigenvalue weighted by Gasteiger charge is -2.24. The summed E-state index contributed by atoms with van der Waals surface area (Å²) < 4.78 is 0. The van der Waals surface area contributed by atoms with Crippen molar-refractivity contribution in [3.8, 4) is 22.3 Å². The summed E-state index contributed by atoms with van der Waals surface area (Å²) in [5.74, 6) is 0. The molecule has 0 aromatic heterocycles. The summed E-state index contributed by atoms with van der Waals surface area (Å²) in [6.07, 6.45) is 0. The van der Waals surface area contributed by atoms with Gasteiger partial charge in [-0.05, 0) is 122 Å². The molecule has 0 fully saturated rings. The van der Waals surface area contributed by atoms with Crippen molar-refractivity contribution in [3.05, 3.63) is 157 Å². The maximum absolute atomic E-state index is 2.47. The topological polar surface area (TPSA) is 0 Å². The van der Waals surface area contributed by atoms with E-state index in [1.807, 2.05) is 0 Å². The number of fused-ring (bicyclic) bond motifs is 15. The van der Waals surface area contributed by atoms with Gasteiger partial charge in [0.25, 0.3) is 0 Å². The van der Waals surface area contributed by atoms with Crippen LogP contribution >= 0.6 is 0 Å². The smallest absolute Gasteiger partial charge is 0.0165 e. The van der Waals surface area contributed by atoms with Crippen molar-refractivity contribution in [3.63, 3.8) is 0 Å². The number of benzene rings is 9. The summed E-state index contributed by atoms with van der Waals surface area (Å²) in [7, 11) is 0. The number of hydrogen-bond acceptors (Lipinski definition) is 0. The Hall–Kier alpha value is -5.46. The van der Waals surface area contributed by atoms with Crippen LogP contribution in [0.1, 0.15) is 25.0 Å². The average molecular weight is 571 g/mol. The summed E-state index contributed by atoms with van der Waals surface area (Å²) in [5.41, 5.74) is 8.05. The Morgan fingerprint density at radius 1 is 0.356 bits per heavy atom. The molecule has 1 aliphatic rings. The third kappa shape index (κ3) is 3.32. The molecule has 0 aliphatic heterocycles. The molecule has 9 aromatic carbocycles. The molecule has 0 bridgehead atoms. The van der Waals surface area contributed by atoms with Crippen LogP contribution in [-0.2, 0) is 5.41 Å². The molecule has 0 heteroatoms. The van der Waals surface area contributed by atoms with Crippen LogP contribution < -0.4 is 0 Å². The fourth-order valence-electron chi connectivity index (χ4n) is 8.49. The molecule has 0 spiro atoms. The Balaban J connectivity index is 1.20. The molecule has 10 rings (SSSR count). The maximum atomic E-state index is 2.47. The minimum absolute atomic E-state index is 0.110. The Labute approximate surface area is 262 Å². The van der Waals surface area contributed by atoms with E-state index in [1.54, 1.807) is 0 Å². The minimum atomic E-state index is -0.110. The highest BCUT2D eigenvalue weighted by Crippen LogP contribution is 2.55. The highest BCUT2D eigenvalue weighted by Gasteiger charge is 2.38. The molecular weight excluding hydrogens is 540 g/mol. The molecule has 0 radical (unpaired) electrons. The molecule has 210 valence electrons. The van der Waals surface area contributed by atoms with E-state index in [9.17, 15) is 0 Å². The normalized spacial score (nSPS) is 13.7. The minimum Gasteiger partial charge on any atom is -0.0616 e. The third-order valence-electron chi connectivity index (χ3n) is 10.6. The first-order valence-corrected chi connectivity index (χ1v) is 15.9. The summed E-state index contributed by atoms with van der Waals surface area (Å²) >= 11 is 0. The standard InChI is InChI=1S/C45H30/c1-45(2)42-26-30-23-27(28-21-22-37-33-13-4-3-11-31(33)32-12-5-6-16-36(32)40(37)24-28)19-20-29(30)25-41(42)43-38-17-9-7-14-34(38)35-15-8-10-18-39(35)44(43)45/h3-26H,1-2H3. The second-order valence-electron chi connectivity index (χ2n) is 13.3. The van der Waals surface area contributed by atoms with Crippen LogP contribution in [0, 0.1) is 0 Å². The van der Waals surface area contributed by atoms with Gasteiger partial charge in [-0.25, -0.2) is 0 Å². The van der Waals surface area contributed by atoms with Crippen LogP contribution in [0.25, 0.3) is 86.9 Å². The zero-order chi connectivity index (χ0) is 29.9. The van der Waals surface area contributed by atoms with E-state index in [0.717, 1.165) is 0 Å². The largest absolute Gasteiger partial charge is 0.0616 e. The first-order chi connectivity index (χ1) is 22.1. The average Bonchev–Trinajstić information content (AvgIpc) is 3.33. The molecule has 9 aromatic rings. The van der Waals surface area contributed by atoms with Crippen LogP contribution in [0.3, 0.4) is 0 Å². The highest BCUT2D eigenvalue weighted by atomic mass is 14.4. The maximum Gasteiger partial charge on any atom is 0.0165 e. The van der Waals surface area contributed by atoms with Gasteiger partial charge in [0.1, 0.15) is 0 Å². The Morgan fingerprint density at radius 3 is 1.47 bits per heavy atom. The summed E-state index contributed by atoms with van der Waals surface area (Å²) in [5, 5.41) is 15.9. The molecule has 0 heterocycles. The third-order valence-corrected chi connectivity index (χ3v) is 10.6. The van der Waals surface area contributed by atoms with Gasteiger partial charge in [-0.1, -0.05) is 135 Å². The van der Waals surface area contributed by atoms with E-state index in [0.29, 0.717) is 0 Å². The van der Waals surface area contributed by atoms with Gasteiger partial charge in [0.05, 0.1) is 0 Å². The monoisotopic (exact) mass is 570 g/mol. The van der Waals surface area contributed by atoms with Crippen molar-refractivity contribution in [2.75, 3.05) is 0 Å². The number of rotatable bonds is 1. The second kappa shape index (κ2) is 8.80. The van der Waals surface area contributed by atoms with Gasteiger partial charge >= 0.3 is 0 Å². The van der Waals surface area contributed by atoms with E-state index in [1.165, 1.54) is 98.0 Å². The van der Waals surface area contributed by atoms with Crippen molar-refractivity contribution in [1.29, 1.82) is 0 Å². The van der Waals surface area contributed by atoms with Gasteiger partial charge < -0.3 is 0 Å². The first kappa shape index (κ1) is 24.9. The fourth-order valence-corrected chi connectivity index (χ4v) is 8.49. The van der Waals surface area contributed by atoms with Crippen molar-refractivity contribution in [2.24, 2.45) is 0 Å². The van der Waals surface area contributed by atoms with Crippen LogP contribution in [0.5, 0.6) is 0 Å². The number of hydrogen-bond donors (Lipinski definition) is 0. The van der Waals surface area contributed by atoms with Crippen LogP contribution in [0.15, 0.2) is 146 Å². The Morgan fingerprint density at radius 2 is 0.822 bits per heavy atom. The molecule has 0 nitrogen and oxygen atoms in total. The lowest BCUT2D eigenvalue weighted by atomic mass is 9.79. The molecule has 0 N–H and O–H groups in total. The summed E-state index contributed by atoms with van der Waals surface area (Å²) in [6, 6.07) is 54.5. The highest BCUT2D eigenvalue weighted by molar-refractivity contribution is 6.26. The molecule has 1 aliphatic carbocycles. The Kier molecular flexibility index (Phi) is 4.88. The molecule has 0 saturated carbocycles. The van der Waals surface area contributed by atoms with E-state index in [2.05, 4.69) is 159 Å². The first-order valence-electron chi connectivity index (χ1n) is 15.9. The van der Waals surface area contributed by atoms with Crippen LogP contribution in [0.4, 0.5) is 0 Å². The summed E-state index contributed by atoms with van der Waals surface area (Å²) in [4.78, 5) is 0. The van der Waals surface area contributed by atoms with E-state index in [-0.39, 0.29) is 5.41 Å². The van der Waals surface area contributed by atoms with Gasteiger partial charge in [-0.3, -0.25) is 0 Å². The Bertz CT molecular complexity index is 2690. The van der Waals surface area contributed by atoms with Gasteiger partial charge in [-0.2, -0.15) is 0 Å². The molecule has 0 atom stereocenters. The summed E-state index contributed by atoms with van der Waals surface area (Å²) in [6.45, 7) is 4.82. The van der Waals surface area contributed by atoms with E-state index >= 15 is 0 Å². The van der Waals surface area contributed by atoms with Crippen molar-refractivity contribution in [2.45, 2.75) is 19.3 Å². The van der Waals surface area contributed by atoms with Gasteiger partial charge in [0.2, 0.25) is 0 Å². The lowest BCUT2D eigenvalue weighted by molar-refractivity contribution is 0.667. The molecular formula is C45H30. The molecule has 0 amide bonds. The predicted molar refractivity (Wildman–Crippen MR) is 194 cm³/mol. The zero-order valence-corrected chi connectivity index (χ0v) is 25.4. The molecule has 0 saturated heterocycles. The lowest BCUT2D eigenvalue weighted by Crippen LogP contribution is -2.15. The zero-order valence-electron chi connectivity index (χ0n) is 25.4. The molecule has 0 unspecified atom stereocenters. The quantitative estimate of drug-likeness (QED) is 0.172. The SMILES string of the molecule is CC1(C)c2cc3cc(-c4ccc5c6ccccc6c6ccccc6c5c4)ccc3cc2-c2c1c1ccccc1c1ccccc21. The van der Waals surface area contributed by atoms with E-state index in [4.69, 9.17) is 0 Å². The van der Waals surface area contributed by atoms with Gasteiger partial charge in [-0.15, -0.1) is 0 Å². The second-order valence-corrected chi connectivity index (χ2v) is 13.3. The van der Waals surface area contributed by atoms with Crippen molar-refractivity contribution in [1.82, 2.24) is 0 Å². The van der Waals surface area contributed by atoms with Crippen LogP contribution in [0.2, 0.25) is 0 Å². The predicted octanol–water partition coefficient (Wildman–Crippen LogP) is 12.6. The van der Waals surface area contributed by atoms with Crippen molar-refractivity contribution < 1.29 is 0 Å². The van der Waals surface area contributed by atoms with E-state index < -0.39 is 0 Å². The van der Waals surface area contributed by atoms with Crippen molar-refractivity contribution >= 4 is 64.6 Å². The van der Waals surface area contributed by atoms with Crippen LogP contribution in [-0.4, -0.2) is 0 Å². The fraction of sp³-hybridized carbons (Fsp3) is 0.0667.